The first-order valence-corrected chi connectivity index (χ1v) is 10.6. The Morgan fingerprint density at radius 3 is 2.68 bits per heavy atom. The molecule has 7 nitrogen and oxygen atoms in total. The van der Waals surface area contributed by atoms with Crippen molar-refractivity contribution in [3.05, 3.63) is 35.4 Å². The maximum atomic E-state index is 5.48. The van der Waals surface area contributed by atoms with E-state index in [0.29, 0.717) is 5.92 Å². The van der Waals surface area contributed by atoms with E-state index in [-0.39, 0.29) is 5.54 Å². The van der Waals surface area contributed by atoms with Gasteiger partial charge in [0.25, 0.3) is 0 Å². The number of morpholine rings is 1. The predicted octanol–water partition coefficient (Wildman–Crippen LogP) is 2.57. The van der Waals surface area contributed by atoms with Gasteiger partial charge in [-0.15, -0.1) is 0 Å². The second kappa shape index (κ2) is 8.35. The molecule has 0 spiro atoms. The summed E-state index contributed by atoms with van der Waals surface area (Å²) in [6.45, 7) is 14.5. The molecule has 1 N–H and O–H groups in total. The largest absolute Gasteiger partial charge is 0.379 e. The van der Waals surface area contributed by atoms with Crippen LogP contribution in [-0.2, 0) is 23.4 Å². The Balaban J connectivity index is 1.39. The number of ether oxygens (including phenoxy) is 1. The first kappa shape index (κ1) is 19.6. The number of nitrogens with one attached hydrogen (secondary N) is 1. The third kappa shape index (κ3) is 4.64. The summed E-state index contributed by atoms with van der Waals surface area (Å²) >= 11 is 0. The standard InChI is InChI=1S/C21H34N6O/c1-21(2,3)27-14-17(11-23-27)13-26-6-4-5-18(15-26)20-19(12-22-24-20)16-25-7-9-28-10-8-25/h11-12,14,18H,4-10,13,15-16H2,1-3H3,(H,22,24)/t18-/m1/s1. The zero-order chi connectivity index (χ0) is 19.6. The molecule has 4 heterocycles. The third-order valence-corrected chi connectivity index (χ3v) is 5.89. The molecule has 0 unspecified atom stereocenters. The van der Waals surface area contributed by atoms with Gasteiger partial charge >= 0.3 is 0 Å². The van der Waals surface area contributed by atoms with E-state index in [0.717, 1.165) is 52.5 Å². The molecule has 0 saturated carbocycles. The lowest BCUT2D eigenvalue weighted by Crippen LogP contribution is -2.37. The van der Waals surface area contributed by atoms with E-state index < -0.39 is 0 Å². The number of rotatable bonds is 5. The Morgan fingerprint density at radius 1 is 1.11 bits per heavy atom. The lowest BCUT2D eigenvalue weighted by Gasteiger charge is -2.33. The van der Waals surface area contributed by atoms with Gasteiger partial charge in [-0.05, 0) is 40.2 Å². The molecule has 2 aromatic rings. The Morgan fingerprint density at radius 2 is 1.93 bits per heavy atom. The van der Waals surface area contributed by atoms with Crippen LogP contribution in [0.5, 0.6) is 0 Å². The molecule has 0 radical (unpaired) electrons. The average molecular weight is 387 g/mol. The zero-order valence-corrected chi connectivity index (χ0v) is 17.5. The summed E-state index contributed by atoms with van der Waals surface area (Å²) in [7, 11) is 0. The summed E-state index contributed by atoms with van der Waals surface area (Å²) in [6, 6.07) is 0. The molecule has 154 valence electrons. The van der Waals surface area contributed by atoms with Gasteiger partial charge in [0.05, 0.1) is 31.1 Å². The van der Waals surface area contributed by atoms with Gasteiger partial charge in [0.15, 0.2) is 0 Å². The van der Waals surface area contributed by atoms with Crippen LogP contribution in [0.2, 0.25) is 0 Å². The maximum Gasteiger partial charge on any atom is 0.0594 e. The van der Waals surface area contributed by atoms with E-state index in [1.54, 1.807) is 0 Å². The monoisotopic (exact) mass is 386 g/mol. The number of nitrogens with zero attached hydrogens (tertiary/aromatic N) is 5. The molecular weight excluding hydrogens is 352 g/mol. The van der Waals surface area contributed by atoms with Crippen molar-refractivity contribution in [2.75, 3.05) is 39.4 Å². The van der Waals surface area contributed by atoms with Crippen LogP contribution in [0.25, 0.3) is 0 Å². The number of H-pyrrole nitrogens is 1. The Hall–Kier alpha value is -1.70. The molecule has 0 bridgehead atoms. The minimum atomic E-state index is 0.0347. The van der Waals surface area contributed by atoms with Crippen molar-refractivity contribution in [1.29, 1.82) is 0 Å². The fraction of sp³-hybridized carbons (Fsp3) is 0.714. The van der Waals surface area contributed by atoms with E-state index in [2.05, 4.69) is 56.7 Å². The third-order valence-electron chi connectivity index (χ3n) is 5.89. The Labute approximate surface area is 168 Å². The molecule has 0 amide bonds. The fourth-order valence-electron chi connectivity index (χ4n) is 4.30. The van der Waals surface area contributed by atoms with Crippen molar-refractivity contribution in [2.45, 2.75) is 58.2 Å². The van der Waals surface area contributed by atoms with Crippen LogP contribution < -0.4 is 0 Å². The number of aromatic nitrogens is 4. The van der Waals surface area contributed by atoms with Crippen molar-refractivity contribution in [1.82, 2.24) is 29.8 Å². The first-order valence-electron chi connectivity index (χ1n) is 10.6. The SMILES string of the molecule is CC(C)(C)n1cc(CN2CCC[C@@H](c3[nH]ncc3CN3CCOCC3)C2)cn1. The van der Waals surface area contributed by atoms with Crippen molar-refractivity contribution in [3.8, 4) is 0 Å². The van der Waals surface area contributed by atoms with Gasteiger partial charge in [0, 0.05) is 61.7 Å². The van der Waals surface area contributed by atoms with Crippen LogP contribution in [-0.4, -0.2) is 69.2 Å². The average Bonchev–Trinajstić information content (AvgIpc) is 3.32. The van der Waals surface area contributed by atoms with Crippen LogP contribution in [0.1, 0.15) is 56.4 Å². The quantitative estimate of drug-likeness (QED) is 0.856. The molecule has 7 heteroatoms. The van der Waals surface area contributed by atoms with E-state index in [1.165, 1.54) is 29.7 Å². The van der Waals surface area contributed by atoms with E-state index in [1.807, 2.05) is 12.4 Å². The summed E-state index contributed by atoms with van der Waals surface area (Å²) < 4.78 is 7.55. The van der Waals surface area contributed by atoms with Gasteiger partial charge in [-0.3, -0.25) is 19.6 Å². The van der Waals surface area contributed by atoms with Crippen LogP contribution >= 0.6 is 0 Å². The van der Waals surface area contributed by atoms with Crippen molar-refractivity contribution < 1.29 is 4.74 Å². The number of aromatic amines is 1. The van der Waals surface area contributed by atoms with Gasteiger partial charge in [-0.1, -0.05) is 0 Å². The van der Waals surface area contributed by atoms with Crippen LogP contribution in [0, 0.1) is 0 Å². The van der Waals surface area contributed by atoms with Gasteiger partial charge in [-0.2, -0.15) is 10.2 Å². The molecular formula is C21H34N6O. The lowest BCUT2D eigenvalue weighted by atomic mass is 9.92. The van der Waals surface area contributed by atoms with Crippen LogP contribution in [0.3, 0.4) is 0 Å². The van der Waals surface area contributed by atoms with Crippen LogP contribution in [0.4, 0.5) is 0 Å². The number of hydrogen-bond donors (Lipinski definition) is 1. The topological polar surface area (TPSA) is 62.2 Å². The molecule has 0 aromatic carbocycles. The normalized spacial score (nSPS) is 22.6. The molecule has 4 rings (SSSR count). The number of piperidine rings is 1. The molecule has 2 aliphatic heterocycles. The van der Waals surface area contributed by atoms with Crippen molar-refractivity contribution in [3.63, 3.8) is 0 Å². The Bertz CT molecular complexity index is 755. The smallest absolute Gasteiger partial charge is 0.0594 e. The van der Waals surface area contributed by atoms with Gasteiger partial charge in [-0.25, -0.2) is 0 Å². The molecule has 0 aliphatic carbocycles. The maximum absolute atomic E-state index is 5.48. The molecule has 2 aromatic heterocycles. The summed E-state index contributed by atoms with van der Waals surface area (Å²) in [4.78, 5) is 5.04. The summed E-state index contributed by atoms with van der Waals surface area (Å²) in [5.74, 6) is 0.532. The highest BCUT2D eigenvalue weighted by Gasteiger charge is 2.26. The predicted molar refractivity (Wildman–Crippen MR) is 109 cm³/mol. The van der Waals surface area contributed by atoms with Crippen LogP contribution in [0.15, 0.2) is 18.6 Å². The number of likely N-dealkylation sites (tertiary alicyclic amines) is 1. The summed E-state index contributed by atoms with van der Waals surface area (Å²) in [5, 5.41) is 12.3. The molecule has 2 aliphatic rings. The summed E-state index contributed by atoms with van der Waals surface area (Å²) in [6.07, 6.45) is 8.71. The van der Waals surface area contributed by atoms with Gasteiger partial charge in [0.1, 0.15) is 0 Å². The Kier molecular flexibility index (Phi) is 5.85. The van der Waals surface area contributed by atoms with E-state index in [9.17, 15) is 0 Å². The molecule has 28 heavy (non-hydrogen) atoms. The van der Waals surface area contributed by atoms with Gasteiger partial charge in [0.2, 0.25) is 0 Å². The minimum absolute atomic E-state index is 0.0347. The molecule has 2 saturated heterocycles. The molecule has 2 fully saturated rings. The van der Waals surface area contributed by atoms with Gasteiger partial charge < -0.3 is 4.74 Å². The summed E-state index contributed by atoms with van der Waals surface area (Å²) in [5.41, 5.74) is 4.03. The second-order valence-electron chi connectivity index (χ2n) is 9.24. The highest BCUT2D eigenvalue weighted by molar-refractivity contribution is 5.22. The highest BCUT2D eigenvalue weighted by atomic mass is 16.5. The minimum Gasteiger partial charge on any atom is -0.379 e. The van der Waals surface area contributed by atoms with Crippen molar-refractivity contribution >= 4 is 0 Å². The molecule has 1 atom stereocenters. The van der Waals surface area contributed by atoms with E-state index >= 15 is 0 Å². The fourth-order valence-corrected chi connectivity index (χ4v) is 4.30. The lowest BCUT2D eigenvalue weighted by molar-refractivity contribution is 0.0339. The number of hydrogen-bond acceptors (Lipinski definition) is 5. The zero-order valence-electron chi connectivity index (χ0n) is 17.5. The highest BCUT2D eigenvalue weighted by Crippen LogP contribution is 2.29. The van der Waals surface area contributed by atoms with E-state index in [4.69, 9.17) is 4.74 Å². The first-order chi connectivity index (χ1) is 13.5. The second-order valence-corrected chi connectivity index (χ2v) is 9.24. The van der Waals surface area contributed by atoms with Crippen molar-refractivity contribution in [2.24, 2.45) is 0 Å².